The Hall–Kier alpha value is -0.620. The van der Waals surface area contributed by atoms with Crippen LogP contribution in [-0.4, -0.2) is 44.6 Å². The fraction of sp³-hybridized carbons (Fsp3) is 0.889. The molecule has 0 aromatic carbocycles. The normalized spacial score (nSPS) is 23.7. The molecule has 0 bridgehead atoms. The predicted octanol–water partition coefficient (Wildman–Crippen LogP) is 0.221. The Labute approximate surface area is 90.4 Å². The number of hydrogen-bond acceptors (Lipinski definition) is 4. The van der Waals surface area contributed by atoms with Gasteiger partial charge in [0.15, 0.2) is 0 Å². The third-order valence-electron chi connectivity index (χ3n) is 2.47. The lowest BCUT2D eigenvalue weighted by atomic mass is 10.0. The SMILES string of the molecule is CCOC(=O)[C@H]1CCCN(S(C)(=O)=O)C1. The van der Waals surface area contributed by atoms with Gasteiger partial charge in [0.1, 0.15) is 0 Å². The summed E-state index contributed by atoms with van der Waals surface area (Å²) in [6.07, 6.45) is 2.60. The Morgan fingerprint density at radius 3 is 2.73 bits per heavy atom. The number of esters is 1. The molecule has 0 radical (unpaired) electrons. The summed E-state index contributed by atoms with van der Waals surface area (Å²) in [7, 11) is -3.18. The lowest BCUT2D eigenvalue weighted by Crippen LogP contribution is -2.42. The van der Waals surface area contributed by atoms with Crippen molar-refractivity contribution in [3.05, 3.63) is 0 Å². The van der Waals surface area contributed by atoms with Crippen LogP contribution >= 0.6 is 0 Å². The average molecular weight is 235 g/mol. The Morgan fingerprint density at radius 2 is 2.20 bits per heavy atom. The van der Waals surface area contributed by atoms with E-state index < -0.39 is 10.0 Å². The average Bonchev–Trinajstić information content (AvgIpc) is 2.17. The quantitative estimate of drug-likeness (QED) is 0.656. The molecule has 0 aromatic rings. The molecule has 0 unspecified atom stereocenters. The van der Waals surface area contributed by atoms with Crippen LogP contribution in [0.3, 0.4) is 0 Å². The number of nitrogens with zero attached hydrogens (tertiary/aromatic N) is 1. The molecule has 88 valence electrons. The zero-order valence-electron chi connectivity index (χ0n) is 9.10. The first-order valence-electron chi connectivity index (χ1n) is 5.07. The number of ether oxygens (including phenoxy) is 1. The standard InChI is InChI=1S/C9H17NO4S/c1-3-14-9(11)8-5-4-6-10(7-8)15(2,12)13/h8H,3-7H2,1-2H3/t8-/m0/s1. The lowest BCUT2D eigenvalue weighted by Gasteiger charge is -2.29. The maximum Gasteiger partial charge on any atom is 0.310 e. The summed E-state index contributed by atoms with van der Waals surface area (Å²) in [6.45, 7) is 2.86. The molecule has 1 atom stereocenters. The van der Waals surface area contributed by atoms with Gasteiger partial charge in [-0.3, -0.25) is 4.79 Å². The molecule has 1 heterocycles. The molecule has 6 heteroatoms. The molecule has 0 N–H and O–H groups in total. The van der Waals surface area contributed by atoms with Gasteiger partial charge in [0.25, 0.3) is 0 Å². The molecular formula is C9H17NO4S. The van der Waals surface area contributed by atoms with E-state index in [1.165, 1.54) is 10.6 Å². The minimum absolute atomic E-state index is 0.262. The highest BCUT2D eigenvalue weighted by molar-refractivity contribution is 7.88. The number of hydrogen-bond donors (Lipinski definition) is 0. The van der Waals surface area contributed by atoms with E-state index in [9.17, 15) is 13.2 Å². The Kier molecular flexibility index (Phi) is 4.10. The van der Waals surface area contributed by atoms with Crippen LogP contribution < -0.4 is 0 Å². The summed E-state index contributed by atoms with van der Waals surface area (Å²) in [5, 5.41) is 0. The van der Waals surface area contributed by atoms with E-state index in [1.54, 1.807) is 6.92 Å². The molecule has 0 aliphatic carbocycles. The Morgan fingerprint density at radius 1 is 1.53 bits per heavy atom. The van der Waals surface area contributed by atoms with E-state index in [1.807, 2.05) is 0 Å². The summed E-state index contributed by atoms with van der Waals surface area (Å²) in [4.78, 5) is 11.4. The fourth-order valence-corrected chi connectivity index (χ4v) is 2.61. The smallest absolute Gasteiger partial charge is 0.310 e. The van der Waals surface area contributed by atoms with Gasteiger partial charge in [-0.25, -0.2) is 12.7 Å². The number of sulfonamides is 1. The van der Waals surface area contributed by atoms with Crippen molar-refractivity contribution in [2.45, 2.75) is 19.8 Å². The second-order valence-corrected chi connectivity index (χ2v) is 5.69. The molecule has 0 amide bonds. The van der Waals surface area contributed by atoms with Crippen molar-refractivity contribution in [2.75, 3.05) is 26.0 Å². The van der Waals surface area contributed by atoms with Crippen LogP contribution in [0.25, 0.3) is 0 Å². The van der Waals surface area contributed by atoms with Gasteiger partial charge in [-0.1, -0.05) is 0 Å². The molecule has 15 heavy (non-hydrogen) atoms. The molecule has 1 aliphatic heterocycles. The Bertz CT molecular complexity index is 325. The topological polar surface area (TPSA) is 63.7 Å². The minimum Gasteiger partial charge on any atom is -0.466 e. The van der Waals surface area contributed by atoms with Gasteiger partial charge >= 0.3 is 5.97 Å². The van der Waals surface area contributed by atoms with Crippen LogP contribution in [0.15, 0.2) is 0 Å². The number of piperidine rings is 1. The summed E-state index contributed by atoms with van der Waals surface area (Å²) in [5.41, 5.74) is 0. The number of rotatable bonds is 3. The third kappa shape index (κ3) is 3.46. The number of carbonyl (C=O) groups is 1. The largest absolute Gasteiger partial charge is 0.466 e. The fourth-order valence-electron chi connectivity index (χ4n) is 1.70. The van der Waals surface area contributed by atoms with Crippen LogP contribution in [0.5, 0.6) is 0 Å². The van der Waals surface area contributed by atoms with Crippen LogP contribution in [0, 0.1) is 5.92 Å². The van der Waals surface area contributed by atoms with Crippen molar-refractivity contribution in [2.24, 2.45) is 5.92 Å². The van der Waals surface area contributed by atoms with Gasteiger partial charge in [-0.2, -0.15) is 0 Å². The molecule has 1 rings (SSSR count). The molecule has 1 saturated heterocycles. The van der Waals surface area contributed by atoms with Crippen LogP contribution in [0.2, 0.25) is 0 Å². The molecule has 0 spiro atoms. The van der Waals surface area contributed by atoms with Gasteiger partial charge in [0.2, 0.25) is 10.0 Å². The van der Waals surface area contributed by atoms with Crippen molar-refractivity contribution < 1.29 is 17.9 Å². The third-order valence-corrected chi connectivity index (χ3v) is 3.74. The summed E-state index contributed by atoms with van der Waals surface area (Å²) < 4.78 is 28.8. The van der Waals surface area contributed by atoms with E-state index >= 15 is 0 Å². The second-order valence-electron chi connectivity index (χ2n) is 3.71. The molecule has 0 saturated carbocycles. The van der Waals surface area contributed by atoms with Crippen LogP contribution in [0.4, 0.5) is 0 Å². The van der Waals surface area contributed by atoms with Crippen molar-refractivity contribution in [3.63, 3.8) is 0 Å². The highest BCUT2D eigenvalue weighted by Gasteiger charge is 2.30. The zero-order valence-corrected chi connectivity index (χ0v) is 9.92. The van der Waals surface area contributed by atoms with Gasteiger partial charge in [-0.05, 0) is 19.8 Å². The first-order chi connectivity index (χ1) is 6.95. The predicted molar refractivity (Wildman–Crippen MR) is 55.8 cm³/mol. The molecular weight excluding hydrogens is 218 g/mol. The molecule has 1 aliphatic rings. The minimum atomic E-state index is -3.18. The van der Waals surface area contributed by atoms with Crippen LogP contribution in [0.1, 0.15) is 19.8 Å². The van der Waals surface area contributed by atoms with Crippen LogP contribution in [-0.2, 0) is 19.6 Å². The molecule has 0 aromatic heterocycles. The van der Waals surface area contributed by atoms with E-state index in [-0.39, 0.29) is 18.4 Å². The van der Waals surface area contributed by atoms with Gasteiger partial charge < -0.3 is 4.74 Å². The summed E-state index contributed by atoms with van der Waals surface area (Å²) >= 11 is 0. The maximum absolute atomic E-state index is 11.4. The highest BCUT2D eigenvalue weighted by atomic mass is 32.2. The van der Waals surface area contributed by atoms with E-state index in [4.69, 9.17) is 4.74 Å². The van der Waals surface area contributed by atoms with E-state index in [0.29, 0.717) is 19.6 Å². The van der Waals surface area contributed by atoms with E-state index in [2.05, 4.69) is 0 Å². The summed E-state index contributed by atoms with van der Waals surface area (Å²) in [5.74, 6) is -0.584. The maximum atomic E-state index is 11.4. The van der Waals surface area contributed by atoms with E-state index in [0.717, 1.165) is 6.42 Å². The van der Waals surface area contributed by atoms with Crippen molar-refractivity contribution in [1.82, 2.24) is 4.31 Å². The van der Waals surface area contributed by atoms with Crippen molar-refractivity contribution >= 4 is 16.0 Å². The van der Waals surface area contributed by atoms with Crippen molar-refractivity contribution in [3.8, 4) is 0 Å². The zero-order chi connectivity index (χ0) is 11.5. The van der Waals surface area contributed by atoms with Gasteiger partial charge in [0, 0.05) is 13.1 Å². The van der Waals surface area contributed by atoms with Gasteiger partial charge in [-0.15, -0.1) is 0 Å². The molecule has 5 nitrogen and oxygen atoms in total. The Balaban J connectivity index is 2.60. The summed E-state index contributed by atoms with van der Waals surface area (Å²) in [6, 6.07) is 0. The first-order valence-corrected chi connectivity index (χ1v) is 6.91. The monoisotopic (exact) mass is 235 g/mol. The highest BCUT2D eigenvalue weighted by Crippen LogP contribution is 2.19. The second kappa shape index (κ2) is 4.94. The first kappa shape index (κ1) is 12.4. The van der Waals surface area contributed by atoms with Gasteiger partial charge in [0.05, 0.1) is 18.8 Å². The lowest BCUT2D eigenvalue weighted by molar-refractivity contribution is -0.149. The number of carbonyl (C=O) groups excluding carboxylic acids is 1. The molecule has 1 fully saturated rings. The van der Waals surface area contributed by atoms with Crippen molar-refractivity contribution in [1.29, 1.82) is 0 Å².